The highest BCUT2D eigenvalue weighted by molar-refractivity contribution is 5.36. The molecule has 0 amide bonds. The van der Waals surface area contributed by atoms with Gasteiger partial charge in [0.1, 0.15) is 13.1 Å². The van der Waals surface area contributed by atoms with Crippen LogP contribution in [-0.2, 0) is 19.6 Å². The van der Waals surface area contributed by atoms with Gasteiger partial charge in [0.15, 0.2) is 0 Å². The number of aromatic nitrogens is 1. The maximum absolute atomic E-state index is 9.36. The van der Waals surface area contributed by atoms with Crippen LogP contribution in [-0.4, -0.2) is 11.1 Å². The Morgan fingerprint density at radius 3 is 2.56 bits per heavy atom. The van der Waals surface area contributed by atoms with E-state index in [4.69, 9.17) is 0 Å². The summed E-state index contributed by atoms with van der Waals surface area (Å²) in [5.41, 5.74) is 5.73. The third kappa shape index (κ3) is 4.97. The van der Waals surface area contributed by atoms with Crippen LogP contribution in [0.2, 0.25) is 0 Å². The number of nitriles is 1. The summed E-state index contributed by atoms with van der Waals surface area (Å²) in [5.74, 6) is 0. The van der Waals surface area contributed by atoms with E-state index in [-0.39, 0.29) is 0 Å². The van der Waals surface area contributed by atoms with Crippen molar-refractivity contribution in [2.45, 2.75) is 26.6 Å². The molecule has 0 aliphatic carbocycles. The second-order valence-corrected chi connectivity index (χ2v) is 6.98. The van der Waals surface area contributed by atoms with Crippen LogP contribution in [0.15, 0.2) is 79.5 Å². The van der Waals surface area contributed by atoms with Crippen LogP contribution in [0.5, 0.6) is 0 Å². The SMILES string of the molecule is C=CC[NH+](Cc1ccccc1C#N)Cc1cccn1Cc1ccc(C)cc1. The fourth-order valence-corrected chi connectivity index (χ4v) is 3.37. The molecule has 0 aliphatic rings. The van der Waals surface area contributed by atoms with Crippen molar-refractivity contribution in [3.63, 3.8) is 0 Å². The normalized spacial score (nSPS) is 11.7. The van der Waals surface area contributed by atoms with E-state index in [2.05, 4.69) is 66.7 Å². The van der Waals surface area contributed by atoms with Crippen LogP contribution in [0.25, 0.3) is 0 Å². The fraction of sp³-hybridized carbons (Fsp3) is 0.208. The van der Waals surface area contributed by atoms with E-state index in [9.17, 15) is 5.26 Å². The summed E-state index contributed by atoms with van der Waals surface area (Å²) >= 11 is 0. The van der Waals surface area contributed by atoms with Crippen LogP contribution >= 0.6 is 0 Å². The largest absolute Gasteiger partial charge is 0.342 e. The number of quaternary nitrogens is 1. The summed E-state index contributed by atoms with van der Waals surface area (Å²) in [4.78, 5) is 1.37. The van der Waals surface area contributed by atoms with Crippen LogP contribution in [0.3, 0.4) is 0 Å². The summed E-state index contributed by atoms with van der Waals surface area (Å²) < 4.78 is 2.31. The van der Waals surface area contributed by atoms with Crippen molar-refractivity contribution < 1.29 is 4.90 Å². The Labute approximate surface area is 161 Å². The van der Waals surface area contributed by atoms with Crippen molar-refractivity contribution >= 4 is 0 Å². The van der Waals surface area contributed by atoms with Crippen molar-refractivity contribution in [3.05, 3.63) is 107 Å². The first-order chi connectivity index (χ1) is 13.2. The second-order valence-electron chi connectivity index (χ2n) is 6.98. The molecule has 0 spiro atoms. The van der Waals surface area contributed by atoms with E-state index in [0.29, 0.717) is 0 Å². The molecule has 3 nitrogen and oxygen atoms in total. The van der Waals surface area contributed by atoms with Crippen molar-refractivity contribution in [1.29, 1.82) is 5.26 Å². The molecule has 0 aliphatic heterocycles. The lowest BCUT2D eigenvalue weighted by Gasteiger charge is -2.20. The van der Waals surface area contributed by atoms with Gasteiger partial charge in [-0.25, -0.2) is 0 Å². The molecule has 27 heavy (non-hydrogen) atoms. The monoisotopic (exact) mass is 356 g/mol. The van der Waals surface area contributed by atoms with Crippen LogP contribution in [0.4, 0.5) is 0 Å². The molecule has 136 valence electrons. The van der Waals surface area contributed by atoms with Gasteiger partial charge in [-0.2, -0.15) is 5.26 Å². The molecule has 1 atom stereocenters. The minimum absolute atomic E-state index is 0.758. The Morgan fingerprint density at radius 1 is 1.04 bits per heavy atom. The molecule has 3 heteroatoms. The highest BCUT2D eigenvalue weighted by Gasteiger charge is 2.14. The topological polar surface area (TPSA) is 33.2 Å². The van der Waals surface area contributed by atoms with Crippen LogP contribution in [0, 0.1) is 18.3 Å². The summed E-state index contributed by atoms with van der Waals surface area (Å²) in [6.45, 7) is 9.47. The minimum atomic E-state index is 0.758. The lowest BCUT2D eigenvalue weighted by Crippen LogP contribution is -3.09. The van der Waals surface area contributed by atoms with Crippen LogP contribution in [0.1, 0.15) is 27.9 Å². The van der Waals surface area contributed by atoms with Crippen molar-refractivity contribution in [2.75, 3.05) is 6.54 Å². The summed E-state index contributed by atoms with van der Waals surface area (Å²) in [5, 5.41) is 9.36. The lowest BCUT2D eigenvalue weighted by molar-refractivity contribution is -0.922. The maximum atomic E-state index is 9.36. The molecular formula is C24H26N3+. The Bertz CT molecular complexity index is 929. The van der Waals surface area contributed by atoms with Crippen molar-refractivity contribution in [3.8, 4) is 6.07 Å². The van der Waals surface area contributed by atoms with Crippen molar-refractivity contribution in [1.82, 2.24) is 4.57 Å². The zero-order valence-corrected chi connectivity index (χ0v) is 15.9. The number of rotatable bonds is 8. The fourth-order valence-electron chi connectivity index (χ4n) is 3.37. The molecule has 0 saturated heterocycles. The van der Waals surface area contributed by atoms with E-state index in [1.807, 2.05) is 30.3 Å². The van der Waals surface area contributed by atoms with E-state index >= 15 is 0 Å². The van der Waals surface area contributed by atoms with E-state index in [0.717, 1.165) is 37.3 Å². The first-order valence-electron chi connectivity index (χ1n) is 9.31. The van der Waals surface area contributed by atoms with E-state index in [1.54, 1.807) is 0 Å². The Balaban J connectivity index is 1.75. The first kappa shape index (κ1) is 18.7. The van der Waals surface area contributed by atoms with Gasteiger partial charge < -0.3 is 9.47 Å². The smallest absolute Gasteiger partial charge is 0.119 e. The number of hydrogen-bond donors (Lipinski definition) is 1. The number of hydrogen-bond acceptors (Lipinski definition) is 1. The van der Waals surface area contributed by atoms with Gasteiger partial charge in [-0.05, 0) is 36.8 Å². The average molecular weight is 356 g/mol. The molecule has 3 rings (SSSR count). The molecule has 2 aromatic carbocycles. The molecular weight excluding hydrogens is 330 g/mol. The first-order valence-corrected chi connectivity index (χ1v) is 9.31. The van der Waals surface area contributed by atoms with Gasteiger partial charge in [-0.3, -0.25) is 0 Å². The molecule has 1 unspecified atom stereocenters. The summed E-state index contributed by atoms with van der Waals surface area (Å²) in [6.07, 6.45) is 4.10. The standard InChI is InChI=1S/C24H25N3/c1-3-14-26(18-23-8-5-4-7-22(23)16-25)19-24-9-6-15-27(24)17-21-12-10-20(2)11-13-21/h3-13,15H,1,14,17-19H2,2H3/p+1. The van der Waals surface area contributed by atoms with Gasteiger partial charge in [0.05, 0.1) is 23.9 Å². The highest BCUT2D eigenvalue weighted by atomic mass is 15.1. The van der Waals surface area contributed by atoms with E-state index < -0.39 is 0 Å². The predicted octanol–water partition coefficient (Wildman–Crippen LogP) is 3.49. The van der Waals surface area contributed by atoms with Crippen LogP contribution < -0.4 is 4.90 Å². The third-order valence-electron chi connectivity index (χ3n) is 4.84. The molecule has 0 radical (unpaired) electrons. The number of aryl methyl sites for hydroxylation is 1. The van der Waals surface area contributed by atoms with E-state index in [1.165, 1.54) is 21.7 Å². The van der Waals surface area contributed by atoms with Gasteiger partial charge in [0.25, 0.3) is 0 Å². The quantitative estimate of drug-likeness (QED) is 0.616. The van der Waals surface area contributed by atoms with Gasteiger partial charge in [0, 0.05) is 18.3 Å². The second kappa shape index (κ2) is 9.02. The Morgan fingerprint density at radius 2 is 1.81 bits per heavy atom. The Hall–Kier alpha value is -3.09. The predicted molar refractivity (Wildman–Crippen MR) is 109 cm³/mol. The molecule has 1 aromatic heterocycles. The summed E-state index contributed by atoms with van der Waals surface area (Å²) in [7, 11) is 0. The molecule has 0 bridgehead atoms. The molecule has 1 N–H and O–H groups in total. The number of benzene rings is 2. The lowest BCUT2D eigenvalue weighted by atomic mass is 10.1. The zero-order chi connectivity index (χ0) is 19.1. The van der Waals surface area contributed by atoms with Crippen molar-refractivity contribution in [2.24, 2.45) is 0 Å². The number of nitrogens with one attached hydrogen (secondary N) is 1. The maximum Gasteiger partial charge on any atom is 0.119 e. The van der Waals surface area contributed by atoms with Gasteiger partial charge in [-0.15, -0.1) is 0 Å². The van der Waals surface area contributed by atoms with Gasteiger partial charge in [0.2, 0.25) is 0 Å². The zero-order valence-electron chi connectivity index (χ0n) is 15.9. The third-order valence-corrected chi connectivity index (χ3v) is 4.84. The van der Waals surface area contributed by atoms with Gasteiger partial charge in [-0.1, -0.05) is 54.6 Å². The number of nitrogens with zero attached hydrogens (tertiary/aromatic N) is 2. The molecule has 0 fully saturated rings. The average Bonchev–Trinajstić information content (AvgIpc) is 3.11. The molecule has 0 saturated carbocycles. The summed E-state index contributed by atoms with van der Waals surface area (Å²) in [6, 6.07) is 23.2. The molecule has 3 aromatic rings. The Kier molecular flexibility index (Phi) is 6.25. The highest BCUT2D eigenvalue weighted by Crippen LogP contribution is 2.10. The molecule has 1 heterocycles. The van der Waals surface area contributed by atoms with Gasteiger partial charge >= 0.3 is 0 Å². The minimum Gasteiger partial charge on any atom is -0.342 e.